The minimum atomic E-state index is -0.642. The molecule has 3 aliphatic rings. The molecule has 24 rings (SSSR count). The Morgan fingerprint density at radius 1 is 0.207 bits per heavy atom. The highest BCUT2D eigenvalue weighted by Crippen LogP contribution is 2.59. The molecule has 538 valence electrons. The van der Waals surface area contributed by atoms with Crippen LogP contribution in [0.4, 0.5) is 34.1 Å². The van der Waals surface area contributed by atoms with Crippen LogP contribution in [-0.2, 0) is 5.41 Å². The minimum absolute atomic E-state index is 0.263. The van der Waals surface area contributed by atoms with Crippen molar-refractivity contribution in [1.29, 1.82) is 0 Å². The van der Waals surface area contributed by atoms with Crippen molar-refractivity contribution in [3.63, 3.8) is 0 Å². The fourth-order valence-corrected chi connectivity index (χ4v) is 22.4. The monoisotopic (exact) mass is 1500 g/mol. The van der Waals surface area contributed by atoms with Crippen LogP contribution < -0.4 is 26.2 Å². The lowest BCUT2D eigenvalue weighted by Crippen LogP contribution is -2.61. The largest absolute Gasteiger partial charge is 0.310 e. The number of rotatable bonds is 11. The summed E-state index contributed by atoms with van der Waals surface area (Å²) in [4.78, 5) is 5.48. The van der Waals surface area contributed by atoms with Crippen molar-refractivity contribution in [2.24, 2.45) is 0 Å². The van der Waals surface area contributed by atoms with Crippen LogP contribution in [0.3, 0.4) is 0 Å². The predicted octanol–water partition coefficient (Wildman–Crippen LogP) is 28.8. The van der Waals surface area contributed by atoms with Crippen molar-refractivity contribution in [3.05, 3.63) is 441 Å². The van der Waals surface area contributed by atoms with Crippen LogP contribution in [0.25, 0.3) is 151 Å². The van der Waals surface area contributed by atoms with E-state index in [9.17, 15) is 0 Å². The van der Waals surface area contributed by atoms with Gasteiger partial charge in [-0.05, 0) is 182 Å². The minimum Gasteiger partial charge on any atom is -0.310 e. The van der Waals surface area contributed by atoms with Gasteiger partial charge in [0, 0.05) is 85.0 Å². The van der Waals surface area contributed by atoms with Crippen LogP contribution in [0.15, 0.2) is 419 Å². The molecule has 0 fully saturated rings. The zero-order valence-electron chi connectivity index (χ0n) is 63.1. The van der Waals surface area contributed by atoms with E-state index in [0.717, 1.165) is 67.5 Å². The van der Waals surface area contributed by atoms with Gasteiger partial charge in [0.25, 0.3) is 6.71 Å². The summed E-state index contributed by atoms with van der Waals surface area (Å²) in [6.07, 6.45) is 0. The van der Waals surface area contributed by atoms with E-state index in [4.69, 9.17) is 0 Å². The average molecular weight is 1510 g/mol. The number of thiophene rings is 2. The predicted molar refractivity (Wildman–Crippen MR) is 497 cm³/mol. The molecule has 0 spiro atoms. The molecule has 0 saturated heterocycles. The van der Waals surface area contributed by atoms with E-state index in [1.807, 2.05) is 22.7 Å². The molecule has 0 N–H and O–H groups in total. The summed E-state index contributed by atoms with van der Waals surface area (Å²) >= 11 is 3.84. The molecule has 4 heterocycles. The van der Waals surface area contributed by atoms with Crippen LogP contribution in [-0.4, -0.2) is 6.71 Å². The summed E-state index contributed by atoms with van der Waals surface area (Å²) in [6.45, 7) is -0.263. The first-order valence-electron chi connectivity index (χ1n) is 40.1. The Kier molecular flexibility index (Phi) is 15.1. The number of fused-ring (bicyclic) bond motifs is 15. The van der Waals surface area contributed by atoms with Crippen molar-refractivity contribution in [1.82, 2.24) is 0 Å². The number of hydrogen-bond acceptors (Lipinski definition) is 4. The lowest BCUT2D eigenvalue weighted by atomic mass is 9.33. The standard InChI is InChI=1S/C111H69BN2S2/c1-7-29-70(30-8-1)82-43-23-25-45-84(82)77-54-59-92-94-66-100-98(68-106(94)115-104(92)64-77)112-99-69-107-95(93-60-55-78(65-105(93)116-107)85-46-26-24-44-83(85)71-31-9-2-10-32-71)67-101(99)114(110-87-48-22-20-38-75(87)52-57-89(110)73-35-13-4-14-36-73)103-63-79(62-102(108(103)112)113(100)109-86-47-21-19-37-74(86)51-56-88(109)72-33-11-3-12-34-72)76-53-58-91-90-49-27-28-50-96(90)111(97(91)61-76,80-39-15-5-16-40-80)81-41-17-6-18-42-81/h1-69H. The Bertz CT molecular complexity index is 7190. The number of hydrogen-bond donors (Lipinski definition) is 0. The first kappa shape index (κ1) is 66.4. The molecule has 2 nitrogen and oxygen atoms in total. The normalized spacial score (nSPS) is 13.0. The van der Waals surface area contributed by atoms with Gasteiger partial charge >= 0.3 is 0 Å². The summed E-state index contributed by atoms with van der Waals surface area (Å²) in [5.41, 5.74) is 34.1. The summed E-state index contributed by atoms with van der Waals surface area (Å²) in [5.74, 6) is 0. The Balaban J connectivity index is 0.846. The van der Waals surface area contributed by atoms with E-state index in [2.05, 4.69) is 428 Å². The van der Waals surface area contributed by atoms with Gasteiger partial charge in [0.05, 0.1) is 16.8 Å². The maximum Gasteiger partial charge on any atom is 0.252 e. The van der Waals surface area contributed by atoms with E-state index >= 15 is 0 Å². The van der Waals surface area contributed by atoms with Crippen molar-refractivity contribution >= 4 is 142 Å². The summed E-state index contributed by atoms with van der Waals surface area (Å²) in [6, 6.07) is 159. The molecule has 2 aromatic heterocycles. The van der Waals surface area contributed by atoms with Gasteiger partial charge in [0.2, 0.25) is 0 Å². The molecule has 1 aliphatic carbocycles. The first-order valence-corrected chi connectivity index (χ1v) is 41.8. The molecule has 21 aromatic rings. The number of benzene rings is 19. The molecular formula is C111H69BN2S2. The first-order chi connectivity index (χ1) is 57.5. The van der Waals surface area contributed by atoms with E-state index < -0.39 is 5.41 Å². The van der Waals surface area contributed by atoms with Crippen molar-refractivity contribution < 1.29 is 0 Å². The lowest BCUT2D eigenvalue weighted by Gasteiger charge is -2.45. The zero-order chi connectivity index (χ0) is 76.1. The second-order valence-electron chi connectivity index (χ2n) is 31.2. The molecule has 0 amide bonds. The second-order valence-corrected chi connectivity index (χ2v) is 33.3. The summed E-state index contributed by atoms with van der Waals surface area (Å²) in [7, 11) is 0. The maximum absolute atomic E-state index is 2.74. The van der Waals surface area contributed by atoms with Crippen molar-refractivity contribution in [2.45, 2.75) is 5.41 Å². The number of nitrogens with zero attached hydrogens (tertiary/aromatic N) is 2. The second kappa shape index (κ2) is 26.5. The quantitative estimate of drug-likeness (QED) is 0.119. The van der Waals surface area contributed by atoms with E-state index in [1.54, 1.807) is 0 Å². The Labute approximate surface area is 681 Å². The molecule has 0 saturated carbocycles. The van der Waals surface area contributed by atoms with Gasteiger partial charge in [-0.25, -0.2) is 0 Å². The van der Waals surface area contributed by atoms with E-state index in [-0.39, 0.29) is 6.71 Å². The molecule has 5 heteroatoms. The smallest absolute Gasteiger partial charge is 0.252 e. The fraction of sp³-hybridized carbons (Fsp3) is 0.00901. The highest BCUT2D eigenvalue weighted by atomic mass is 32.1. The fourth-order valence-electron chi connectivity index (χ4n) is 20.0. The summed E-state index contributed by atoms with van der Waals surface area (Å²) in [5, 5.41) is 9.65. The van der Waals surface area contributed by atoms with Gasteiger partial charge < -0.3 is 9.80 Å². The van der Waals surface area contributed by atoms with Crippen LogP contribution in [0, 0.1) is 0 Å². The van der Waals surface area contributed by atoms with Gasteiger partial charge in [-0.1, -0.05) is 364 Å². The topological polar surface area (TPSA) is 6.48 Å². The Hall–Kier alpha value is -14.2. The van der Waals surface area contributed by atoms with E-state index in [1.165, 1.54) is 156 Å². The van der Waals surface area contributed by atoms with Gasteiger partial charge in [-0.15, -0.1) is 22.7 Å². The van der Waals surface area contributed by atoms with Gasteiger partial charge in [-0.2, -0.15) is 0 Å². The third kappa shape index (κ3) is 10.2. The van der Waals surface area contributed by atoms with Gasteiger partial charge in [-0.3, -0.25) is 0 Å². The highest BCUT2D eigenvalue weighted by molar-refractivity contribution is 7.26. The third-order valence-electron chi connectivity index (χ3n) is 25.1. The maximum atomic E-state index is 2.74. The molecule has 116 heavy (non-hydrogen) atoms. The van der Waals surface area contributed by atoms with Gasteiger partial charge in [0.15, 0.2) is 0 Å². The molecule has 0 bridgehead atoms. The van der Waals surface area contributed by atoms with Crippen molar-refractivity contribution in [2.75, 3.05) is 9.80 Å². The average Bonchev–Trinajstić information content (AvgIpc) is 0.970. The van der Waals surface area contributed by atoms with E-state index in [0.29, 0.717) is 0 Å². The van der Waals surface area contributed by atoms with Crippen LogP contribution in [0.1, 0.15) is 22.3 Å². The SMILES string of the molecule is c1ccc(-c2ccccc2-c2ccc3c(c2)sc2cc4c(cc23)N(c2c(-c3ccccc3)ccc3ccccc23)c2cc(-c3ccc5c(c3)C(c3ccccc3)(c3ccccc3)c3ccccc3-5)cc3c2B4c2cc4sc5cc(-c6ccccc6-c6ccccc6)ccc5c4cc2N3c2c(-c3ccccc3)ccc3ccccc23)cc1. The molecule has 19 aromatic carbocycles. The third-order valence-corrected chi connectivity index (χ3v) is 27.3. The molecule has 0 radical (unpaired) electrons. The number of anilines is 6. The van der Waals surface area contributed by atoms with Gasteiger partial charge in [0.1, 0.15) is 0 Å². The molecule has 0 unspecified atom stereocenters. The van der Waals surface area contributed by atoms with Crippen molar-refractivity contribution in [3.8, 4) is 89.0 Å². The Morgan fingerprint density at radius 2 is 0.560 bits per heavy atom. The van der Waals surface area contributed by atoms with Crippen LogP contribution >= 0.6 is 22.7 Å². The summed E-state index contributed by atoms with van der Waals surface area (Å²) < 4.78 is 5.02. The lowest BCUT2D eigenvalue weighted by molar-refractivity contribution is 0.769. The molecule has 2 aliphatic heterocycles. The molecule has 0 atom stereocenters. The molecular weight excluding hydrogens is 1440 g/mol. The van der Waals surface area contributed by atoms with Crippen LogP contribution in [0.2, 0.25) is 0 Å². The Morgan fingerprint density at radius 3 is 1.02 bits per heavy atom. The van der Waals surface area contributed by atoms with Crippen LogP contribution in [0.5, 0.6) is 0 Å². The zero-order valence-corrected chi connectivity index (χ0v) is 64.8. The highest BCUT2D eigenvalue weighted by Gasteiger charge is 2.49.